The Labute approximate surface area is 588 Å². The second-order valence-corrected chi connectivity index (χ2v) is 26.7. The molecule has 1 aliphatic heterocycles. The number of carboxylic acids is 2. The second kappa shape index (κ2) is 40.6. The number of nitrogens with zero attached hydrogens (tertiary/aromatic N) is 2. The molecule has 0 spiro atoms. The van der Waals surface area contributed by atoms with Crippen molar-refractivity contribution in [3.05, 3.63) is 108 Å². The van der Waals surface area contributed by atoms with E-state index in [-0.39, 0.29) is 69.1 Å². The summed E-state index contributed by atoms with van der Waals surface area (Å²) >= 11 is 4.53. The summed E-state index contributed by atoms with van der Waals surface area (Å²) in [6.45, 7) is 8.25. The number of benzene rings is 3. The van der Waals surface area contributed by atoms with Crippen LogP contribution in [0.5, 0.6) is 0 Å². The lowest BCUT2D eigenvalue weighted by molar-refractivity contribution is -0.146. The smallest absolute Gasteiger partial charge is 0.305 e. The first-order chi connectivity index (χ1) is 47.5. The average molecular weight is 1410 g/mol. The molecule has 0 unspecified atom stereocenters. The molecule has 1 heterocycles. The van der Waals surface area contributed by atoms with Crippen LogP contribution < -0.4 is 54.0 Å². The Morgan fingerprint density at radius 2 is 1.08 bits per heavy atom. The van der Waals surface area contributed by atoms with Crippen LogP contribution >= 0.6 is 12.6 Å². The fraction of sp³-hybridized carbons (Fsp3) is 0.549. The Morgan fingerprint density at radius 3 is 1.59 bits per heavy atom. The molecular weight excluding hydrogens is 1310 g/mol. The van der Waals surface area contributed by atoms with Crippen LogP contribution in [-0.4, -0.2) is 183 Å². The highest BCUT2D eigenvalue weighted by molar-refractivity contribution is 7.80. The van der Waals surface area contributed by atoms with Crippen LogP contribution in [0.3, 0.4) is 0 Å². The fourth-order valence-corrected chi connectivity index (χ4v) is 12.9. The topological polar surface area (TPSA) is 434 Å². The highest BCUT2D eigenvalue weighted by Gasteiger charge is 2.44. The minimum Gasteiger partial charge on any atom is -0.481 e. The van der Waals surface area contributed by atoms with Crippen molar-refractivity contribution in [3.63, 3.8) is 0 Å². The van der Waals surface area contributed by atoms with E-state index in [1.807, 2.05) is 32.0 Å². The SMILES string of the molecule is CC[C@H](C)[C@H](NC(=O)[C@@H](NC(=O)[C@H](CCC(=O)O)NC(=O)[C@H](CC(=O)O)NC(C)=O)C(c1ccccc1)c1ccccc1)C(=O)N(C)[C@@H](CC1CCCCC1)C(=O)N[C@@H](CS)C(=O)N1CCC[C@H]1C(=O)N[C@@H](CCc1ccccc1)C(=O)N[C@@H](CCC(N)=O)C(=O)N[C@@H](CC(C)C)C(N)=O. The number of aliphatic carboxylic acids is 2. The number of hydrogen-bond acceptors (Lipinski definition) is 15. The number of hydrogen-bond donors (Lipinski definition) is 13. The third-order valence-corrected chi connectivity index (χ3v) is 18.6. The molecule has 0 radical (unpaired) electrons. The molecule has 0 aromatic heterocycles. The first kappa shape index (κ1) is 81.3. The average Bonchev–Trinajstić information content (AvgIpc) is 0.924. The zero-order chi connectivity index (χ0) is 73.8. The maximum absolute atomic E-state index is 15.5. The summed E-state index contributed by atoms with van der Waals surface area (Å²) in [6, 6.07) is 12.1. The lowest BCUT2D eigenvalue weighted by Gasteiger charge is -2.37. The van der Waals surface area contributed by atoms with Crippen LogP contribution in [0.1, 0.15) is 160 Å². The van der Waals surface area contributed by atoms with Crippen LogP contribution in [0.15, 0.2) is 91.0 Å². The zero-order valence-electron chi connectivity index (χ0n) is 57.8. The van der Waals surface area contributed by atoms with Crippen molar-refractivity contribution in [2.24, 2.45) is 29.2 Å². The van der Waals surface area contributed by atoms with Crippen molar-refractivity contribution in [1.82, 2.24) is 52.3 Å². The van der Waals surface area contributed by atoms with Crippen LogP contribution in [-0.2, 0) is 73.5 Å². The van der Waals surface area contributed by atoms with Gasteiger partial charge in [0.25, 0.3) is 0 Å². The summed E-state index contributed by atoms with van der Waals surface area (Å²) in [5.74, 6) is -14.9. The van der Waals surface area contributed by atoms with E-state index in [1.54, 1.807) is 86.6 Å². The fourth-order valence-electron chi connectivity index (χ4n) is 12.6. The van der Waals surface area contributed by atoms with Gasteiger partial charge in [0.05, 0.1) is 6.42 Å². The molecule has 2 aliphatic rings. The van der Waals surface area contributed by atoms with E-state index in [0.717, 1.165) is 44.6 Å². The number of carboxylic acid groups (broad SMARTS) is 2. The van der Waals surface area contributed by atoms with Gasteiger partial charge in [0.15, 0.2) is 0 Å². The molecule has 28 nitrogen and oxygen atoms in total. The van der Waals surface area contributed by atoms with E-state index in [2.05, 4.69) is 55.2 Å². The van der Waals surface area contributed by atoms with Gasteiger partial charge in [-0.05, 0) is 85.8 Å². The molecule has 3 aromatic rings. The van der Waals surface area contributed by atoms with Crippen molar-refractivity contribution in [2.75, 3.05) is 19.3 Å². The molecule has 0 bridgehead atoms. The van der Waals surface area contributed by atoms with Gasteiger partial charge in [-0.15, -0.1) is 0 Å². The molecule has 100 heavy (non-hydrogen) atoms. The molecule has 12 amide bonds. The van der Waals surface area contributed by atoms with Gasteiger partial charge in [-0.1, -0.05) is 157 Å². The standard InChI is InChI=1S/C71H100N12O16S/c1-7-42(4)60(80-69(97)61(59(46-25-16-10-17-26-46)47-27-18-11-19-28-47)81-65(93)50(33-35-57(86)87)76-66(94)52(39-58(88)89)74-43(5)84)71(99)82(6)55(38-45-23-14-9-15-24-45)68(96)79-53(40-100)70(98)83-36-20-29-54(83)67(95)77-48(31-30-44-21-12-8-13-22-44)63(91)75-49(32-34-56(72)85)64(92)78-51(62(73)90)37-41(2)3/h8,10-13,16-19,21-22,25-28,41-42,45,48-55,59-61,100H,7,9,14-15,20,23-24,29-40H2,1-6H3,(H2,72,85)(H2,73,90)(H,74,84)(H,75,91)(H,76,94)(H,77,95)(H,78,92)(H,79,96)(H,80,97)(H,81,93)(H,86,87)(H,88,89)/t42-,48-,49-,50-,51-,52-,53-,54-,55-,60-,61-/m0/s1. The number of primary amides is 2. The molecule has 29 heteroatoms. The molecule has 1 saturated carbocycles. The van der Waals surface area contributed by atoms with Crippen LogP contribution in [0.2, 0.25) is 0 Å². The molecule has 5 rings (SSSR count). The van der Waals surface area contributed by atoms with Gasteiger partial charge in [-0.2, -0.15) is 12.6 Å². The first-order valence-corrected chi connectivity index (χ1v) is 34.9. The van der Waals surface area contributed by atoms with E-state index < -0.39 is 174 Å². The number of aryl methyl sites for hydroxylation is 1. The van der Waals surface area contributed by atoms with Gasteiger partial charge < -0.3 is 74.0 Å². The molecule has 14 N–H and O–H groups in total. The maximum Gasteiger partial charge on any atom is 0.305 e. The van der Waals surface area contributed by atoms with Gasteiger partial charge in [0.2, 0.25) is 70.9 Å². The number of rotatable bonds is 40. The van der Waals surface area contributed by atoms with E-state index >= 15 is 14.4 Å². The number of nitrogens with two attached hydrogens (primary N) is 2. The Bertz CT molecular complexity index is 3250. The second-order valence-electron chi connectivity index (χ2n) is 26.4. The summed E-state index contributed by atoms with van der Waals surface area (Å²) in [6.07, 6.45) is 2.76. The lowest BCUT2D eigenvalue weighted by Crippen LogP contribution is -2.62. The zero-order valence-corrected chi connectivity index (χ0v) is 58.7. The van der Waals surface area contributed by atoms with Gasteiger partial charge in [-0.3, -0.25) is 67.1 Å². The number of nitrogens with one attached hydrogen (secondary N) is 8. The van der Waals surface area contributed by atoms with Gasteiger partial charge >= 0.3 is 11.9 Å². The van der Waals surface area contributed by atoms with Crippen LogP contribution in [0.25, 0.3) is 0 Å². The minimum absolute atomic E-state index is 0.00782. The molecule has 1 aliphatic carbocycles. The number of amides is 12. The van der Waals surface area contributed by atoms with Crippen molar-refractivity contribution in [3.8, 4) is 0 Å². The van der Waals surface area contributed by atoms with Crippen LogP contribution in [0, 0.1) is 17.8 Å². The first-order valence-electron chi connectivity index (χ1n) is 34.3. The number of thiol groups is 1. The number of likely N-dealkylation sites (tertiary alicyclic amines) is 1. The summed E-state index contributed by atoms with van der Waals surface area (Å²) < 4.78 is 0. The highest BCUT2D eigenvalue weighted by atomic mass is 32.1. The minimum atomic E-state index is -1.72. The Hall–Kier alpha value is -9.41. The van der Waals surface area contributed by atoms with Gasteiger partial charge in [0.1, 0.15) is 60.4 Å². The van der Waals surface area contributed by atoms with Gasteiger partial charge in [0, 0.05) is 45.0 Å². The Balaban J connectivity index is 1.46. The van der Waals surface area contributed by atoms with E-state index in [1.165, 1.54) is 16.8 Å². The monoisotopic (exact) mass is 1410 g/mol. The molecule has 2 fully saturated rings. The predicted octanol–water partition coefficient (Wildman–Crippen LogP) is 2.25. The van der Waals surface area contributed by atoms with Gasteiger partial charge in [-0.25, -0.2) is 0 Å². The molecule has 546 valence electrons. The van der Waals surface area contributed by atoms with Crippen molar-refractivity contribution in [1.29, 1.82) is 0 Å². The van der Waals surface area contributed by atoms with Crippen molar-refractivity contribution >= 4 is 95.5 Å². The maximum atomic E-state index is 15.5. The third-order valence-electron chi connectivity index (χ3n) is 18.3. The Morgan fingerprint density at radius 1 is 0.570 bits per heavy atom. The van der Waals surface area contributed by atoms with E-state index in [0.29, 0.717) is 24.0 Å². The number of carbonyl (C=O) groups excluding carboxylic acids is 12. The van der Waals surface area contributed by atoms with E-state index in [9.17, 15) is 63.0 Å². The lowest BCUT2D eigenvalue weighted by atomic mass is 9.83. The highest BCUT2D eigenvalue weighted by Crippen LogP contribution is 2.32. The number of likely N-dealkylation sites (N-methyl/N-ethyl adjacent to an activating group) is 1. The molecule has 3 aromatic carbocycles. The largest absolute Gasteiger partial charge is 0.481 e. The predicted molar refractivity (Wildman–Crippen MR) is 373 cm³/mol. The Kier molecular flexibility index (Phi) is 33.0. The molecular formula is C71H100N12O16S. The van der Waals surface area contributed by atoms with Crippen molar-refractivity contribution < 1.29 is 77.3 Å². The third kappa shape index (κ3) is 25.4. The summed E-state index contributed by atoms with van der Waals surface area (Å²) in [7, 11) is 1.42. The molecule has 11 atom stereocenters. The summed E-state index contributed by atoms with van der Waals surface area (Å²) in [4.78, 5) is 195. The number of carbonyl (C=O) groups is 14. The summed E-state index contributed by atoms with van der Waals surface area (Å²) in [5, 5.41) is 40.5. The quantitative estimate of drug-likeness (QED) is 0.0363. The summed E-state index contributed by atoms with van der Waals surface area (Å²) in [5.41, 5.74) is 12.9. The van der Waals surface area contributed by atoms with E-state index in [4.69, 9.17) is 11.5 Å². The van der Waals surface area contributed by atoms with Crippen LogP contribution in [0.4, 0.5) is 0 Å². The van der Waals surface area contributed by atoms with Crippen molar-refractivity contribution in [2.45, 2.75) is 210 Å². The molecule has 1 saturated heterocycles. The normalized spacial score (nSPS) is 16.8.